The van der Waals surface area contributed by atoms with Gasteiger partial charge in [0.25, 0.3) is 0 Å². The highest BCUT2D eigenvalue weighted by Crippen LogP contribution is 2.42. The lowest BCUT2D eigenvalue weighted by molar-refractivity contribution is -0.319. The standard InChI is InChI=1S/C46H83N3O15/c1-17-32-46(12,56)38(53)27(6)35(51)25(4)22-44(10,57-15)39(63-42-36(52)31(49(13)14)21-26(5)59-42)28(7)37(29(8)41(54)61-32)62-34-23-45(11,58-16)40(30(9)60-34)64-43(55)47-20-18-19-33(50)48-24(2)3/h24-32,34,36-40,42,52-53,56H,17-23H2,1-16H3,(H,47,55)(H,48,50)/t25-,26-,27+,28+,29-,30+,31+,32-,34+,36-,37+,38-,39-,40+,42+,44-,45-,46-/m1/s1. The molecule has 3 rings (SSSR count). The average molecular weight is 918 g/mol. The molecule has 0 spiro atoms. The first-order valence-electron chi connectivity index (χ1n) is 23.1. The number of Topliss-reactive ketones (excluding diaryl/α,β-unsaturated/α-hetero) is 1. The lowest BCUT2D eigenvalue weighted by Gasteiger charge is -2.50. The first kappa shape index (κ1) is 55.8. The number of likely N-dealkylation sites (N-methyl/N-ethyl adjacent to an activating group) is 1. The zero-order valence-electron chi connectivity index (χ0n) is 41.4. The zero-order chi connectivity index (χ0) is 48.6. The van der Waals surface area contributed by atoms with Crippen molar-refractivity contribution in [3.8, 4) is 0 Å². The molecule has 0 aromatic carbocycles. The van der Waals surface area contributed by atoms with Gasteiger partial charge in [0.15, 0.2) is 18.7 Å². The van der Waals surface area contributed by atoms with Crippen LogP contribution in [0.5, 0.6) is 0 Å². The summed E-state index contributed by atoms with van der Waals surface area (Å²) >= 11 is 0. The number of ketones is 1. The minimum absolute atomic E-state index is 0.00821. The minimum Gasteiger partial charge on any atom is -0.459 e. The number of rotatable bonds is 14. The molecule has 3 saturated heterocycles. The molecule has 2 amide bonds. The lowest BCUT2D eigenvalue weighted by atomic mass is 9.74. The third kappa shape index (κ3) is 13.6. The summed E-state index contributed by atoms with van der Waals surface area (Å²) in [6.45, 7) is 20.9. The molecule has 3 fully saturated rings. The van der Waals surface area contributed by atoms with Crippen LogP contribution in [0.15, 0.2) is 0 Å². The van der Waals surface area contributed by atoms with Crippen LogP contribution in [0.2, 0.25) is 0 Å². The van der Waals surface area contributed by atoms with Crippen LogP contribution >= 0.6 is 0 Å². The van der Waals surface area contributed by atoms with Crippen molar-refractivity contribution in [1.82, 2.24) is 15.5 Å². The molecule has 0 unspecified atom stereocenters. The van der Waals surface area contributed by atoms with E-state index in [4.69, 9.17) is 37.9 Å². The summed E-state index contributed by atoms with van der Waals surface area (Å²) < 4.78 is 50.7. The van der Waals surface area contributed by atoms with Crippen molar-refractivity contribution < 1.29 is 72.4 Å². The SMILES string of the molecule is CC[C@H]1OC(=O)[C@H](C)[C@@H](O[C@H]2C[C@@](C)(OC)[C@@H](OC(=O)NCCCC(=O)NC(C)C)[C@H](C)O2)[C@H](C)[C@@H](O[C@@H]2O[C@H](C)C[C@H](N(C)C)[C@H]2O)[C@](C)(OC)C[C@@H](C)C(=O)[C@H](C)[C@@H](O)[C@]1(C)O. The number of ether oxygens (including phenoxy) is 8. The maximum atomic E-state index is 14.4. The smallest absolute Gasteiger partial charge is 0.407 e. The van der Waals surface area contributed by atoms with Gasteiger partial charge in [-0.05, 0) is 95.2 Å². The largest absolute Gasteiger partial charge is 0.459 e. The average Bonchev–Trinajstić information content (AvgIpc) is 3.22. The number of alkyl carbamates (subject to hydrolysis) is 1. The number of amides is 2. The summed E-state index contributed by atoms with van der Waals surface area (Å²) in [5, 5.41) is 40.6. The predicted octanol–water partition coefficient (Wildman–Crippen LogP) is 3.48. The molecule has 3 aliphatic rings. The van der Waals surface area contributed by atoms with Gasteiger partial charge >= 0.3 is 12.1 Å². The second-order valence-corrected chi connectivity index (χ2v) is 19.8. The fourth-order valence-corrected chi connectivity index (χ4v) is 9.78. The Labute approximate surface area is 381 Å². The molecule has 0 aliphatic carbocycles. The molecule has 18 atom stereocenters. The predicted molar refractivity (Wildman–Crippen MR) is 236 cm³/mol. The summed E-state index contributed by atoms with van der Waals surface area (Å²) in [6, 6.07) is -0.315. The lowest BCUT2D eigenvalue weighted by Crippen LogP contribution is -2.62. The molecule has 18 nitrogen and oxygen atoms in total. The van der Waals surface area contributed by atoms with Gasteiger partial charge in [0.05, 0.1) is 42.0 Å². The van der Waals surface area contributed by atoms with Gasteiger partial charge in [0.2, 0.25) is 5.91 Å². The van der Waals surface area contributed by atoms with Crippen molar-refractivity contribution in [3.63, 3.8) is 0 Å². The van der Waals surface area contributed by atoms with Crippen LogP contribution in [0.1, 0.15) is 122 Å². The quantitative estimate of drug-likeness (QED) is 0.124. The molecule has 3 heterocycles. The normalized spacial score (nSPS) is 41.9. The van der Waals surface area contributed by atoms with Crippen LogP contribution in [0, 0.1) is 23.7 Å². The Morgan fingerprint density at radius 3 is 2.08 bits per heavy atom. The molecule has 64 heavy (non-hydrogen) atoms. The zero-order valence-corrected chi connectivity index (χ0v) is 41.4. The number of nitrogens with one attached hydrogen (secondary N) is 2. The van der Waals surface area contributed by atoms with E-state index in [1.807, 2.05) is 46.7 Å². The van der Waals surface area contributed by atoms with E-state index in [9.17, 15) is 34.5 Å². The third-order valence-electron chi connectivity index (χ3n) is 13.8. The Morgan fingerprint density at radius 2 is 1.52 bits per heavy atom. The summed E-state index contributed by atoms with van der Waals surface area (Å²) in [7, 11) is 6.71. The van der Waals surface area contributed by atoms with Gasteiger partial charge in [-0.2, -0.15) is 0 Å². The second-order valence-electron chi connectivity index (χ2n) is 19.8. The van der Waals surface area contributed by atoms with Crippen LogP contribution in [0.25, 0.3) is 0 Å². The highest BCUT2D eigenvalue weighted by atomic mass is 16.7. The Bertz CT molecular complexity index is 1530. The molecule has 18 heteroatoms. The maximum absolute atomic E-state index is 14.4. The molecule has 0 aromatic rings. The number of cyclic esters (lactones) is 1. The topological polar surface area (TPSA) is 230 Å². The molecule has 372 valence electrons. The third-order valence-corrected chi connectivity index (χ3v) is 13.8. The Kier molecular flexibility index (Phi) is 20.5. The van der Waals surface area contributed by atoms with Crippen LogP contribution in [-0.4, -0.2) is 169 Å². The molecule has 3 aliphatic heterocycles. The summed E-state index contributed by atoms with van der Waals surface area (Å²) in [5.74, 6) is -4.88. The van der Waals surface area contributed by atoms with E-state index >= 15 is 0 Å². The monoisotopic (exact) mass is 918 g/mol. The van der Waals surface area contributed by atoms with Gasteiger partial charge in [0, 0.05) is 63.4 Å². The molecular formula is C46H83N3O15. The van der Waals surface area contributed by atoms with E-state index in [1.54, 1.807) is 48.5 Å². The molecule has 0 bridgehead atoms. The van der Waals surface area contributed by atoms with Gasteiger partial charge in [-0.15, -0.1) is 0 Å². The van der Waals surface area contributed by atoms with Gasteiger partial charge in [-0.3, -0.25) is 14.4 Å². The van der Waals surface area contributed by atoms with E-state index in [2.05, 4.69) is 10.6 Å². The molecule has 0 saturated carbocycles. The van der Waals surface area contributed by atoms with E-state index in [0.29, 0.717) is 12.8 Å². The molecule has 0 radical (unpaired) electrons. The minimum atomic E-state index is -2.01. The van der Waals surface area contributed by atoms with Crippen LogP contribution in [-0.2, 0) is 52.3 Å². The Hall–Kier alpha value is -2.52. The van der Waals surface area contributed by atoms with Crippen molar-refractivity contribution in [2.24, 2.45) is 23.7 Å². The first-order chi connectivity index (χ1) is 29.7. The van der Waals surface area contributed by atoms with Crippen molar-refractivity contribution in [2.75, 3.05) is 34.9 Å². The van der Waals surface area contributed by atoms with Crippen LogP contribution in [0.3, 0.4) is 0 Å². The van der Waals surface area contributed by atoms with E-state index in [-0.39, 0.29) is 62.1 Å². The fraction of sp³-hybridized carbons (Fsp3) is 0.913. The van der Waals surface area contributed by atoms with Crippen LogP contribution < -0.4 is 10.6 Å². The number of nitrogens with zero attached hydrogens (tertiary/aromatic N) is 1. The number of carbonyl (C=O) groups is 4. The van der Waals surface area contributed by atoms with Crippen molar-refractivity contribution >= 4 is 23.8 Å². The van der Waals surface area contributed by atoms with Gasteiger partial charge in [0.1, 0.15) is 29.2 Å². The number of hydrogen-bond acceptors (Lipinski definition) is 16. The highest BCUT2D eigenvalue weighted by Gasteiger charge is 2.55. The maximum Gasteiger partial charge on any atom is 0.407 e. The fourth-order valence-electron chi connectivity index (χ4n) is 9.78. The van der Waals surface area contributed by atoms with Gasteiger partial charge in [-0.25, -0.2) is 4.79 Å². The number of aliphatic hydroxyl groups excluding tert-OH is 2. The van der Waals surface area contributed by atoms with Crippen molar-refractivity contribution in [1.29, 1.82) is 0 Å². The Morgan fingerprint density at radius 1 is 0.906 bits per heavy atom. The molecule has 5 N–H and O–H groups in total. The van der Waals surface area contributed by atoms with E-state index < -0.39 is 108 Å². The number of carbonyl (C=O) groups excluding carboxylic acids is 4. The number of hydrogen-bond donors (Lipinski definition) is 5. The van der Waals surface area contributed by atoms with Crippen molar-refractivity contribution in [2.45, 2.75) is 212 Å². The number of aliphatic hydroxyl groups is 3. The first-order valence-corrected chi connectivity index (χ1v) is 23.1. The highest BCUT2D eigenvalue weighted by molar-refractivity contribution is 5.83. The second kappa shape index (κ2) is 23.5. The molecular weight excluding hydrogens is 835 g/mol. The molecule has 0 aromatic heterocycles. The van der Waals surface area contributed by atoms with Crippen molar-refractivity contribution in [3.05, 3.63) is 0 Å². The van der Waals surface area contributed by atoms with Crippen LogP contribution in [0.4, 0.5) is 4.79 Å². The Balaban J connectivity index is 2.08. The van der Waals surface area contributed by atoms with E-state index in [0.717, 1.165) is 0 Å². The summed E-state index contributed by atoms with van der Waals surface area (Å²) in [5.41, 5.74) is -4.48. The van der Waals surface area contributed by atoms with Gasteiger partial charge < -0.3 is 68.7 Å². The summed E-state index contributed by atoms with van der Waals surface area (Å²) in [4.78, 5) is 55.6. The van der Waals surface area contributed by atoms with E-state index in [1.165, 1.54) is 21.1 Å². The number of esters is 1. The van der Waals surface area contributed by atoms with Gasteiger partial charge in [-0.1, -0.05) is 27.7 Å². The summed E-state index contributed by atoms with van der Waals surface area (Å²) in [6.07, 6.45) is -9.55. The number of methoxy groups -OCH3 is 2.